The van der Waals surface area contributed by atoms with E-state index < -0.39 is 9.05 Å². The molecule has 0 aliphatic carbocycles. The molecule has 0 spiro atoms. The molecule has 2 aromatic rings. The number of halogens is 1. The number of thiophene rings is 1. The summed E-state index contributed by atoms with van der Waals surface area (Å²) in [4.78, 5) is 0. The predicted molar refractivity (Wildman–Crippen MR) is 56.5 cm³/mol. The molecule has 0 fully saturated rings. The van der Waals surface area contributed by atoms with E-state index in [0.29, 0.717) is 10.1 Å². The van der Waals surface area contributed by atoms with E-state index >= 15 is 0 Å². The van der Waals surface area contributed by atoms with Crippen LogP contribution in [0.4, 0.5) is 0 Å². The molecule has 2 rings (SSSR count). The third-order valence-electron chi connectivity index (χ3n) is 1.74. The highest BCUT2D eigenvalue weighted by atomic mass is 35.7. The van der Waals surface area contributed by atoms with Crippen LogP contribution >= 0.6 is 22.0 Å². The van der Waals surface area contributed by atoms with Gasteiger partial charge < -0.3 is 5.11 Å². The van der Waals surface area contributed by atoms with Crippen LogP contribution < -0.4 is 0 Å². The molecule has 14 heavy (non-hydrogen) atoms. The van der Waals surface area contributed by atoms with Crippen molar-refractivity contribution in [2.24, 2.45) is 0 Å². The first-order chi connectivity index (χ1) is 6.48. The van der Waals surface area contributed by atoms with Crippen LogP contribution in [0.1, 0.15) is 0 Å². The zero-order valence-electron chi connectivity index (χ0n) is 6.77. The van der Waals surface area contributed by atoms with Crippen LogP contribution in [-0.4, -0.2) is 13.5 Å². The van der Waals surface area contributed by atoms with E-state index in [0.717, 1.165) is 11.3 Å². The van der Waals surface area contributed by atoms with Crippen LogP contribution in [0.25, 0.3) is 10.1 Å². The summed E-state index contributed by atoms with van der Waals surface area (Å²) in [5.41, 5.74) is 0. The maximum atomic E-state index is 11.0. The molecule has 1 N–H and O–H groups in total. The Morgan fingerprint density at radius 2 is 2.07 bits per heavy atom. The molecule has 6 heteroatoms. The second-order valence-electron chi connectivity index (χ2n) is 2.70. The van der Waals surface area contributed by atoms with E-state index in [1.165, 1.54) is 12.1 Å². The number of aromatic hydroxyl groups is 1. The Kier molecular flexibility index (Phi) is 2.17. The lowest BCUT2D eigenvalue weighted by Crippen LogP contribution is -1.83. The van der Waals surface area contributed by atoms with Crippen LogP contribution in [0.5, 0.6) is 5.75 Å². The molecule has 0 radical (unpaired) electrons. The molecule has 1 aromatic carbocycles. The van der Waals surface area contributed by atoms with Crippen LogP contribution in [0.3, 0.4) is 0 Å². The molecule has 0 aliphatic heterocycles. The lowest BCUT2D eigenvalue weighted by Gasteiger charge is -1.90. The molecule has 0 aliphatic rings. The lowest BCUT2D eigenvalue weighted by atomic mass is 10.2. The van der Waals surface area contributed by atoms with Crippen molar-refractivity contribution < 1.29 is 13.5 Å². The number of phenolic OH excluding ortho intramolecular Hbond substituents is 1. The standard InChI is InChI=1S/C8H5ClO3S2/c9-14(11,12)7-4-5-2-1-3-6(10)8(5)13-7/h1-4,10H. The fourth-order valence-electron chi connectivity index (χ4n) is 1.14. The van der Waals surface area contributed by atoms with Gasteiger partial charge in [0.05, 0.1) is 4.70 Å². The van der Waals surface area contributed by atoms with Gasteiger partial charge in [-0.05, 0) is 17.5 Å². The van der Waals surface area contributed by atoms with Crippen molar-refractivity contribution in [3.63, 3.8) is 0 Å². The second-order valence-corrected chi connectivity index (χ2v) is 6.54. The minimum absolute atomic E-state index is 0.0515. The smallest absolute Gasteiger partial charge is 0.270 e. The monoisotopic (exact) mass is 248 g/mol. The van der Waals surface area contributed by atoms with Gasteiger partial charge in [0.15, 0.2) is 0 Å². The summed E-state index contributed by atoms with van der Waals surface area (Å²) in [6.45, 7) is 0. The maximum Gasteiger partial charge on any atom is 0.270 e. The molecule has 0 atom stereocenters. The molecule has 0 amide bonds. The highest BCUT2D eigenvalue weighted by Crippen LogP contribution is 2.35. The Hall–Kier alpha value is -0.780. The van der Waals surface area contributed by atoms with E-state index in [-0.39, 0.29) is 9.96 Å². The fraction of sp³-hybridized carbons (Fsp3) is 0. The van der Waals surface area contributed by atoms with E-state index in [1.54, 1.807) is 12.1 Å². The molecule has 3 nitrogen and oxygen atoms in total. The summed E-state index contributed by atoms with van der Waals surface area (Å²) in [5, 5.41) is 10.1. The lowest BCUT2D eigenvalue weighted by molar-refractivity contribution is 0.482. The minimum atomic E-state index is -3.70. The van der Waals surface area contributed by atoms with Gasteiger partial charge in [0.2, 0.25) is 0 Å². The van der Waals surface area contributed by atoms with Crippen LogP contribution in [0.2, 0.25) is 0 Å². The van der Waals surface area contributed by atoms with Crippen molar-refractivity contribution in [2.45, 2.75) is 4.21 Å². The maximum absolute atomic E-state index is 11.0. The van der Waals surface area contributed by atoms with Crippen LogP contribution in [0, 0.1) is 0 Å². The molecular formula is C8H5ClO3S2. The van der Waals surface area contributed by atoms with Gasteiger partial charge in [-0.15, -0.1) is 11.3 Å². The van der Waals surface area contributed by atoms with Crippen molar-refractivity contribution in [1.82, 2.24) is 0 Å². The van der Waals surface area contributed by atoms with E-state index in [2.05, 4.69) is 0 Å². The molecule has 0 saturated carbocycles. The molecule has 0 unspecified atom stereocenters. The van der Waals surface area contributed by atoms with Gasteiger partial charge in [-0.1, -0.05) is 12.1 Å². The molecular weight excluding hydrogens is 244 g/mol. The first-order valence-electron chi connectivity index (χ1n) is 3.64. The van der Waals surface area contributed by atoms with Crippen molar-refractivity contribution >= 4 is 41.2 Å². The zero-order valence-corrected chi connectivity index (χ0v) is 9.16. The average Bonchev–Trinajstić information content (AvgIpc) is 2.48. The number of phenols is 1. The highest BCUT2D eigenvalue weighted by molar-refractivity contribution is 8.15. The normalized spacial score (nSPS) is 12.1. The average molecular weight is 249 g/mol. The first kappa shape index (κ1) is 9.76. The topological polar surface area (TPSA) is 54.4 Å². The summed E-state index contributed by atoms with van der Waals surface area (Å²) in [6, 6.07) is 6.32. The Morgan fingerprint density at radius 1 is 1.36 bits per heavy atom. The van der Waals surface area contributed by atoms with Crippen molar-refractivity contribution in [3.05, 3.63) is 24.3 Å². The Bertz CT molecular complexity index is 586. The molecule has 0 bridgehead atoms. The van der Waals surface area contributed by atoms with E-state index in [4.69, 9.17) is 10.7 Å². The SMILES string of the molecule is O=S(=O)(Cl)c1cc2cccc(O)c2s1. The number of rotatable bonds is 1. The van der Waals surface area contributed by atoms with Crippen LogP contribution in [-0.2, 0) is 9.05 Å². The summed E-state index contributed by atoms with van der Waals surface area (Å²) >= 11 is 0.961. The molecule has 1 aromatic heterocycles. The summed E-state index contributed by atoms with van der Waals surface area (Å²) in [7, 11) is 1.48. The number of fused-ring (bicyclic) bond motifs is 1. The van der Waals surface area contributed by atoms with Gasteiger partial charge >= 0.3 is 0 Å². The van der Waals surface area contributed by atoms with Crippen LogP contribution in [0.15, 0.2) is 28.5 Å². The van der Waals surface area contributed by atoms with Gasteiger partial charge in [0.1, 0.15) is 9.96 Å². The third kappa shape index (κ3) is 1.58. The largest absolute Gasteiger partial charge is 0.506 e. The summed E-state index contributed by atoms with van der Waals surface area (Å²) in [6.07, 6.45) is 0. The van der Waals surface area contributed by atoms with Gasteiger partial charge in [0.25, 0.3) is 9.05 Å². The van der Waals surface area contributed by atoms with Gasteiger partial charge in [-0.2, -0.15) is 0 Å². The molecule has 0 saturated heterocycles. The summed E-state index contributed by atoms with van der Waals surface area (Å²) in [5.74, 6) is 0.0686. The zero-order chi connectivity index (χ0) is 10.3. The molecule has 74 valence electrons. The highest BCUT2D eigenvalue weighted by Gasteiger charge is 2.15. The Labute approximate surface area is 89.0 Å². The van der Waals surface area contributed by atoms with Gasteiger partial charge in [0, 0.05) is 10.7 Å². The number of hydrogen-bond acceptors (Lipinski definition) is 4. The van der Waals surface area contributed by atoms with Crippen molar-refractivity contribution in [2.75, 3.05) is 0 Å². The van der Waals surface area contributed by atoms with Crippen molar-refractivity contribution in [1.29, 1.82) is 0 Å². The quantitative estimate of drug-likeness (QED) is 0.789. The van der Waals surface area contributed by atoms with Gasteiger partial charge in [-0.3, -0.25) is 0 Å². The van der Waals surface area contributed by atoms with Gasteiger partial charge in [-0.25, -0.2) is 8.42 Å². The van der Waals surface area contributed by atoms with E-state index in [9.17, 15) is 13.5 Å². The van der Waals surface area contributed by atoms with Crippen molar-refractivity contribution in [3.8, 4) is 5.75 Å². The Balaban J connectivity index is 2.81. The third-order valence-corrected chi connectivity index (χ3v) is 4.99. The minimum Gasteiger partial charge on any atom is -0.506 e. The molecule has 1 heterocycles. The Morgan fingerprint density at radius 3 is 2.64 bits per heavy atom. The second kappa shape index (κ2) is 3.12. The summed E-state index contributed by atoms with van der Waals surface area (Å²) < 4.78 is 22.6. The number of hydrogen-bond donors (Lipinski definition) is 1. The predicted octanol–water partition coefficient (Wildman–Crippen LogP) is 2.53. The first-order valence-corrected chi connectivity index (χ1v) is 6.77. The fourth-order valence-corrected chi connectivity index (χ4v) is 3.28. The number of benzene rings is 1. The van der Waals surface area contributed by atoms with E-state index in [1.807, 2.05) is 0 Å².